The third kappa shape index (κ3) is 4.01. The fourth-order valence-electron chi connectivity index (χ4n) is 2.37. The zero-order valence-corrected chi connectivity index (χ0v) is 14.0. The number of aromatic nitrogens is 1. The van der Waals surface area contributed by atoms with Crippen molar-refractivity contribution in [3.63, 3.8) is 0 Å². The second-order valence-electron chi connectivity index (χ2n) is 6.02. The molecule has 1 aliphatic carbocycles. The fourth-order valence-corrected chi connectivity index (χ4v) is 3.12. The molecule has 118 valence electrons. The first-order valence-electron chi connectivity index (χ1n) is 7.15. The molecular weight excluding hydrogens is 312 g/mol. The van der Waals surface area contributed by atoms with Crippen molar-refractivity contribution in [2.45, 2.75) is 44.6 Å². The van der Waals surface area contributed by atoms with Gasteiger partial charge in [-0.1, -0.05) is 6.92 Å². The van der Waals surface area contributed by atoms with Gasteiger partial charge >= 0.3 is 0 Å². The first-order valence-corrected chi connectivity index (χ1v) is 9.45. The van der Waals surface area contributed by atoms with E-state index in [0.717, 1.165) is 0 Å². The molecule has 0 radical (unpaired) electrons. The van der Waals surface area contributed by atoms with Gasteiger partial charge in [-0.05, 0) is 44.6 Å². The van der Waals surface area contributed by atoms with Gasteiger partial charge in [0.25, 0.3) is 15.0 Å². The summed E-state index contributed by atoms with van der Waals surface area (Å²) in [7, 11) is 1.52. The second-order valence-corrected chi connectivity index (χ2v) is 8.59. The van der Waals surface area contributed by atoms with Crippen LogP contribution in [-0.4, -0.2) is 25.4 Å². The zero-order chi connectivity index (χ0) is 15.8. The molecule has 5 nitrogen and oxygen atoms in total. The van der Waals surface area contributed by atoms with E-state index in [1.807, 2.05) is 13.8 Å². The van der Waals surface area contributed by atoms with Crippen molar-refractivity contribution in [2.24, 2.45) is 11.8 Å². The lowest BCUT2D eigenvalue weighted by Crippen LogP contribution is -2.30. The number of halogens is 1. The van der Waals surface area contributed by atoms with Gasteiger partial charge in [0.1, 0.15) is 10.6 Å². The van der Waals surface area contributed by atoms with E-state index in [2.05, 4.69) is 12.2 Å². The van der Waals surface area contributed by atoms with E-state index < -0.39 is 9.05 Å². The van der Waals surface area contributed by atoms with Crippen molar-refractivity contribution in [2.75, 3.05) is 6.54 Å². The summed E-state index contributed by atoms with van der Waals surface area (Å²) in [6.45, 7) is 6.49. The number of carbonyl (C=O) groups is 1. The summed E-state index contributed by atoms with van der Waals surface area (Å²) in [5.41, 5.74) is 0.326. The van der Waals surface area contributed by atoms with Crippen LogP contribution in [0.15, 0.2) is 17.2 Å². The Bertz CT molecular complexity index is 633. The predicted octanol–water partition coefficient (Wildman–Crippen LogP) is 2.77. The summed E-state index contributed by atoms with van der Waals surface area (Å²) < 4.78 is 24.5. The Morgan fingerprint density at radius 2 is 2.05 bits per heavy atom. The molecule has 21 heavy (non-hydrogen) atoms. The minimum atomic E-state index is -3.83. The van der Waals surface area contributed by atoms with Crippen LogP contribution in [-0.2, 0) is 9.05 Å². The second kappa shape index (κ2) is 6.01. The van der Waals surface area contributed by atoms with Gasteiger partial charge in [0.05, 0.1) is 0 Å². The molecular formula is C14H21ClN2O3S. The van der Waals surface area contributed by atoms with E-state index in [1.165, 1.54) is 25.1 Å². The van der Waals surface area contributed by atoms with E-state index in [0.29, 0.717) is 24.1 Å². The average Bonchev–Trinajstić information content (AvgIpc) is 3.11. The third-order valence-corrected chi connectivity index (χ3v) is 5.23. The molecule has 1 fully saturated rings. The van der Waals surface area contributed by atoms with Crippen molar-refractivity contribution in [3.05, 3.63) is 18.0 Å². The lowest BCUT2D eigenvalue weighted by Gasteiger charge is -2.14. The van der Waals surface area contributed by atoms with Crippen molar-refractivity contribution in [1.82, 2.24) is 9.88 Å². The highest BCUT2D eigenvalue weighted by Gasteiger charge is 2.28. The number of nitrogens with one attached hydrogen (secondary N) is 1. The molecule has 0 bridgehead atoms. The summed E-state index contributed by atoms with van der Waals surface area (Å²) in [6, 6.07) is 1.30. The topological polar surface area (TPSA) is 68.2 Å². The molecule has 1 aromatic heterocycles. The van der Waals surface area contributed by atoms with Crippen LogP contribution >= 0.6 is 10.7 Å². The fraction of sp³-hybridized carbons (Fsp3) is 0.643. The number of hydrogen-bond donors (Lipinski definition) is 1. The first-order chi connectivity index (χ1) is 9.70. The van der Waals surface area contributed by atoms with Gasteiger partial charge in [-0.25, -0.2) is 8.42 Å². The van der Waals surface area contributed by atoms with Gasteiger partial charge < -0.3 is 9.88 Å². The highest BCUT2D eigenvalue weighted by atomic mass is 35.7. The molecule has 1 heterocycles. The molecule has 0 aliphatic heterocycles. The molecule has 1 atom stereocenters. The molecule has 0 aromatic carbocycles. The molecule has 0 saturated heterocycles. The van der Waals surface area contributed by atoms with Crippen molar-refractivity contribution in [1.29, 1.82) is 0 Å². The largest absolute Gasteiger partial charge is 0.350 e. The first kappa shape index (κ1) is 16.4. The number of nitrogens with zero attached hydrogens (tertiary/aromatic N) is 1. The lowest BCUT2D eigenvalue weighted by molar-refractivity contribution is 0.0936. The summed E-state index contributed by atoms with van der Waals surface area (Å²) in [6.07, 6.45) is 3.87. The van der Waals surface area contributed by atoms with Gasteiger partial charge in [0.15, 0.2) is 0 Å². The number of hydrogen-bond acceptors (Lipinski definition) is 3. The molecule has 7 heteroatoms. The monoisotopic (exact) mass is 332 g/mol. The van der Waals surface area contributed by atoms with Crippen LogP contribution in [0.3, 0.4) is 0 Å². The standard InChI is InChI=1S/C14H21ClN2O3S/c1-9(2)17-8-12(21(15,19)20)6-13(17)14(18)16-7-10(3)11-4-5-11/h6,8-11H,4-5,7H2,1-3H3,(H,16,18). The van der Waals surface area contributed by atoms with E-state index >= 15 is 0 Å². The summed E-state index contributed by atoms with van der Waals surface area (Å²) in [4.78, 5) is 12.2. The lowest BCUT2D eigenvalue weighted by atomic mass is 10.1. The molecule has 1 unspecified atom stereocenters. The zero-order valence-electron chi connectivity index (χ0n) is 12.5. The summed E-state index contributed by atoms with van der Waals surface area (Å²) in [5, 5.41) is 2.88. The summed E-state index contributed by atoms with van der Waals surface area (Å²) in [5.74, 6) is 0.899. The maximum Gasteiger partial charge on any atom is 0.267 e. The molecule has 1 aromatic rings. The smallest absolute Gasteiger partial charge is 0.267 e. The molecule has 0 spiro atoms. The Balaban J connectivity index is 2.16. The minimum absolute atomic E-state index is 0.0289. The van der Waals surface area contributed by atoms with Gasteiger partial charge in [0.2, 0.25) is 0 Å². The van der Waals surface area contributed by atoms with Crippen LogP contribution in [0.4, 0.5) is 0 Å². The van der Waals surface area contributed by atoms with E-state index in [-0.39, 0.29) is 16.8 Å². The van der Waals surface area contributed by atoms with Crippen LogP contribution in [0.5, 0.6) is 0 Å². The highest BCUT2D eigenvalue weighted by Crippen LogP contribution is 2.36. The van der Waals surface area contributed by atoms with Crippen LogP contribution in [0.2, 0.25) is 0 Å². The number of carbonyl (C=O) groups excluding carboxylic acids is 1. The van der Waals surface area contributed by atoms with Gasteiger partial charge in [-0.3, -0.25) is 4.79 Å². The summed E-state index contributed by atoms with van der Waals surface area (Å²) >= 11 is 0. The number of rotatable bonds is 6. The Morgan fingerprint density at radius 3 is 2.52 bits per heavy atom. The van der Waals surface area contributed by atoms with Gasteiger partial charge in [-0.2, -0.15) is 0 Å². The Labute approximate surface area is 130 Å². The normalized spacial score (nSPS) is 17.0. The number of amides is 1. The Kier molecular flexibility index (Phi) is 4.68. The van der Waals surface area contributed by atoms with Crippen LogP contribution in [0, 0.1) is 11.8 Å². The molecule has 2 rings (SSSR count). The molecule has 1 aliphatic rings. The van der Waals surface area contributed by atoms with Crippen molar-refractivity contribution < 1.29 is 13.2 Å². The Hall–Kier alpha value is -1.01. The van der Waals surface area contributed by atoms with Gasteiger partial charge in [-0.15, -0.1) is 0 Å². The predicted molar refractivity (Wildman–Crippen MR) is 82.1 cm³/mol. The Morgan fingerprint density at radius 1 is 1.43 bits per heavy atom. The van der Waals surface area contributed by atoms with E-state index in [9.17, 15) is 13.2 Å². The van der Waals surface area contributed by atoms with E-state index in [1.54, 1.807) is 4.57 Å². The quantitative estimate of drug-likeness (QED) is 0.814. The van der Waals surface area contributed by atoms with Crippen LogP contribution < -0.4 is 5.32 Å². The minimum Gasteiger partial charge on any atom is -0.350 e. The van der Waals surface area contributed by atoms with Crippen molar-refractivity contribution >= 4 is 25.6 Å². The molecule has 1 amide bonds. The van der Waals surface area contributed by atoms with Gasteiger partial charge in [0, 0.05) is 29.5 Å². The van der Waals surface area contributed by atoms with Crippen LogP contribution in [0.25, 0.3) is 0 Å². The maximum atomic E-state index is 12.3. The highest BCUT2D eigenvalue weighted by molar-refractivity contribution is 8.13. The van der Waals surface area contributed by atoms with Crippen molar-refractivity contribution in [3.8, 4) is 0 Å². The molecule has 1 saturated carbocycles. The SMILES string of the molecule is CC(CNC(=O)c1cc(S(=O)(=O)Cl)cn1C(C)C)C1CC1. The molecule has 1 N–H and O–H groups in total. The van der Waals surface area contributed by atoms with Crippen LogP contribution in [0.1, 0.15) is 50.1 Å². The maximum absolute atomic E-state index is 12.3. The van der Waals surface area contributed by atoms with E-state index in [4.69, 9.17) is 10.7 Å². The average molecular weight is 333 g/mol. The third-order valence-electron chi connectivity index (χ3n) is 3.91.